The zero-order valence-electron chi connectivity index (χ0n) is 16.0. The molecule has 1 heterocycles. The number of hydrogen-bond donors (Lipinski definition) is 2. The van der Waals surface area contributed by atoms with Crippen LogP contribution in [-0.4, -0.2) is 44.1 Å². The van der Waals surface area contributed by atoms with E-state index in [9.17, 15) is 0 Å². The van der Waals surface area contributed by atoms with Gasteiger partial charge in [0.05, 0.1) is 6.61 Å². The largest absolute Gasteiger partial charge is 0.380 e. The Kier molecular flexibility index (Phi) is 8.22. The summed E-state index contributed by atoms with van der Waals surface area (Å²) in [5.74, 6) is 2.13. The minimum absolute atomic E-state index is 0.476. The molecule has 1 aromatic carbocycles. The van der Waals surface area contributed by atoms with Crippen LogP contribution in [0.5, 0.6) is 0 Å². The van der Waals surface area contributed by atoms with E-state index in [1.54, 1.807) is 7.11 Å². The van der Waals surface area contributed by atoms with Crippen LogP contribution in [0, 0.1) is 11.8 Å². The molecule has 1 fully saturated rings. The van der Waals surface area contributed by atoms with Crippen molar-refractivity contribution in [1.29, 1.82) is 0 Å². The SMILES string of the molecule is COCc1ccccc1NC(N)=NCCCCN1CC(C)CC(C)C1. The quantitative estimate of drug-likeness (QED) is 0.431. The summed E-state index contributed by atoms with van der Waals surface area (Å²) < 4.78 is 5.21. The van der Waals surface area contributed by atoms with Gasteiger partial charge in [0.1, 0.15) is 0 Å². The van der Waals surface area contributed by atoms with Crippen molar-refractivity contribution in [2.75, 3.05) is 38.6 Å². The van der Waals surface area contributed by atoms with Crippen molar-refractivity contribution in [3.63, 3.8) is 0 Å². The predicted octanol–water partition coefficient (Wildman–Crippen LogP) is 3.32. The third kappa shape index (κ3) is 7.04. The first-order valence-electron chi connectivity index (χ1n) is 9.44. The number of benzene rings is 1. The van der Waals surface area contributed by atoms with Crippen LogP contribution < -0.4 is 11.1 Å². The highest BCUT2D eigenvalue weighted by atomic mass is 16.5. The van der Waals surface area contributed by atoms with Gasteiger partial charge in [-0.15, -0.1) is 0 Å². The minimum atomic E-state index is 0.476. The number of nitrogens with two attached hydrogens (primary N) is 1. The first kappa shape index (κ1) is 19.7. The zero-order chi connectivity index (χ0) is 18.1. The first-order chi connectivity index (χ1) is 12.1. The zero-order valence-corrected chi connectivity index (χ0v) is 16.0. The second-order valence-electron chi connectivity index (χ2n) is 7.39. The van der Waals surface area contributed by atoms with Crippen molar-refractivity contribution in [3.05, 3.63) is 29.8 Å². The maximum absolute atomic E-state index is 6.02. The minimum Gasteiger partial charge on any atom is -0.380 e. The molecule has 1 aromatic rings. The molecule has 140 valence electrons. The van der Waals surface area contributed by atoms with Gasteiger partial charge in [0.2, 0.25) is 0 Å². The van der Waals surface area contributed by atoms with Gasteiger partial charge in [-0.25, -0.2) is 0 Å². The third-order valence-electron chi connectivity index (χ3n) is 4.69. The molecule has 0 spiro atoms. The molecule has 0 saturated carbocycles. The van der Waals surface area contributed by atoms with Crippen LogP contribution in [0.3, 0.4) is 0 Å². The average Bonchev–Trinajstić information content (AvgIpc) is 2.56. The molecule has 1 aliphatic rings. The summed E-state index contributed by atoms with van der Waals surface area (Å²) in [7, 11) is 1.69. The molecule has 0 radical (unpaired) electrons. The van der Waals surface area contributed by atoms with Gasteiger partial charge in [0, 0.05) is 38.0 Å². The molecule has 2 rings (SSSR count). The van der Waals surface area contributed by atoms with E-state index in [2.05, 4.69) is 29.1 Å². The standard InChI is InChI=1S/C20H34N4O/c1-16-12-17(2)14-24(13-16)11-7-6-10-22-20(21)23-19-9-5-4-8-18(19)15-25-3/h4-5,8-9,16-17H,6-7,10-15H2,1-3H3,(H3,21,22,23). The second-order valence-corrected chi connectivity index (χ2v) is 7.39. The number of unbranched alkanes of at least 4 members (excludes halogenated alkanes) is 1. The monoisotopic (exact) mass is 346 g/mol. The van der Waals surface area contributed by atoms with Gasteiger partial charge in [-0.2, -0.15) is 0 Å². The van der Waals surface area contributed by atoms with E-state index in [4.69, 9.17) is 10.5 Å². The Morgan fingerprint density at radius 2 is 1.96 bits per heavy atom. The predicted molar refractivity (Wildman–Crippen MR) is 106 cm³/mol. The summed E-state index contributed by atoms with van der Waals surface area (Å²) in [6.45, 7) is 9.71. The van der Waals surface area contributed by atoms with E-state index in [1.807, 2.05) is 24.3 Å². The van der Waals surface area contributed by atoms with Crippen LogP contribution in [0.2, 0.25) is 0 Å². The molecule has 0 amide bonds. The molecule has 2 atom stereocenters. The van der Waals surface area contributed by atoms with Gasteiger partial charge in [-0.1, -0.05) is 32.0 Å². The molecule has 5 nitrogen and oxygen atoms in total. The molecular weight excluding hydrogens is 312 g/mol. The number of anilines is 1. The Morgan fingerprint density at radius 3 is 2.68 bits per heavy atom. The topological polar surface area (TPSA) is 62.9 Å². The van der Waals surface area contributed by atoms with Crippen LogP contribution in [0.15, 0.2) is 29.3 Å². The second kappa shape index (κ2) is 10.4. The van der Waals surface area contributed by atoms with Crippen molar-refractivity contribution in [2.24, 2.45) is 22.6 Å². The van der Waals surface area contributed by atoms with E-state index in [1.165, 1.54) is 32.5 Å². The number of hydrogen-bond acceptors (Lipinski definition) is 3. The van der Waals surface area contributed by atoms with Crippen molar-refractivity contribution >= 4 is 11.6 Å². The Hall–Kier alpha value is -1.59. The van der Waals surface area contributed by atoms with Crippen LogP contribution in [0.4, 0.5) is 5.69 Å². The summed E-state index contributed by atoms with van der Waals surface area (Å²) in [5, 5.41) is 3.18. The molecule has 0 bridgehead atoms. The number of para-hydroxylation sites is 1. The lowest BCUT2D eigenvalue weighted by molar-refractivity contribution is 0.139. The van der Waals surface area contributed by atoms with Crippen molar-refractivity contribution in [1.82, 2.24) is 4.90 Å². The van der Waals surface area contributed by atoms with Gasteiger partial charge in [0.15, 0.2) is 5.96 Å². The molecule has 5 heteroatoms. The molecule has 0 aromatic heterocycles. The number of aliphatic imine (C=N–C) groups is 1. The van der Waals surface area contributed by atoms with Crippen LogP contribution in [0.25, 0.3) is 0 Å². The van der Waals surface area contributed by atoms with E-state index in [0.29, 0.717) is 12.6 Å². The Labute approximate surface area is 152 Å². The fraction of sp³-hybridized carbons (Fsp3) is 0.650. The lowest BCUT2D eigenvalue weighted by Gasteiger charge is -2.34. The van der Waals surface area contributed by atoms with E-state index in [-0.39, 0.29) is 0 Å². The maximum atomic E-state index is 6.02. The van der Waals surface area contributed by atoms with Gasteiger partial charge < -0.3 is 20.7 Å². The summed E-state index contributed by atoms with van der Waals surface area (Å²) in [6, 6.07) is 8.00. The lowest BCUT2D eigenvalue weighted by atomic mass is 9.92. The normalized spacial score (nSPS) is 22.1. The first-order valence-corrected chi connectivity index (χ1v) is 9.44. The molecule has 1 saturated heterocycles. The Morgan fingerprint density at radius 1 is 1.24 bits per heavy atom. The van der Waals surface area contributed by atoms with Gasteiger partial charge in [-0.3, -0.25) is 4.99 Å². The number of rotatable bonds is 8. The molecule has 1 aliphatic heterocycles. The highest BCUT2D eigenvalue weighted by Crippen LogP contribution is 2.21. The average molecular weight is 347 g/mol. The molecule has 3 N–H and O–H groups in total. The smallest absolute Gasteiger partial charge is 0.193 e. The number of piperidine rings is 1. The van der Waals surface area contributed by atoms with E-state index in [0.717, 1.165) is 36.1 Å². The molecular formula is C20H34N4O. The number of guanidine groups is 1. The van der Waals surface area contributed by atoms with Crippen LogP contribution in [-0.2, 0) is 11.3 Å². The van der Waals surface area contributed by atoms with Crippen LogP contribution in [0.1, 0.15) is 38.7 Å². The summed E-state index contributed by atoms with van der Waals surface area (Å²) >= 11 is 0. The maximum Gasteiger partial charge on any atom is 0.193 e. The number of nitrogens with one attached hydrogen (secondary N) is 1. The van der Waals surface area contributed by atoms with Crippen molar-refractivity contribution < 1.29 is 4.74 Å². The Balaban J connectivity index is 1.69. The number of likely N-dealkylation sites (tertiary alicyclic amines) is 1. The third-order valence-corrected chi connectivity index (χ3v) is 4.69. The van der Waals surface area contributed by atoms with Crippen LogP contribution >= 0.6 is 0 Å². The highest BCUT2D eigenvalue weighted by Gasteiger charge is 2.20. The summed E-state index contributed by atoms with van der Waals surface area (Å²) in [4.78, 5) is 7.06. The highest BCUT2D eigenvalue weighted by molar-refractivity contribution is 5.92. The molecule has 0 aliphatic carbocycles. The number of ether oxygens (including phenoxy) is 1. The van der Waals surface area contributed by atoms with Crippen molar-refractivity contribution in [3.8, 4) is 0 Å². The van der Waals surface area contributed by atoms with E-state index >= 15 is 0 Å². The molecule has 2 unspecified atom stereocenters. The summed E-state index contributed by atoms with van der Waals surface area (Å²) in [5.41, 5.74) is 8.06. The molecule has 25 heavy (non-hydrogen) atoms. The Bertz CT molecular complexity index is 536. The van der Waals surface area contributed by atoms with Crippen molar-refractivity contribution in [2.45, 2.75) is 39.7 Å². The van der Waals surface area contributed by atoms with Gasteiger partial charge in [0.25, 0.3) is 0 Å². The van der Waals surface area contributed by atoms with Gasteiger partial charge in [-0.05, 0) is 43.7 Å². The number of nitrogens with zero attached hydrogens (tertiary/aromatic N) is 2. The fourth-order valence-electron chi connectivity index (χ4n) is 3.72. The van der Waals surface area contributed by atoms with E-state index < -0.39 is 0 Å². The fourth-order valence-corrected chi connectivity index (χ4v) is 3.72. The summed E-state index contributed by atoms with van der Waals surface area (Å²) in [6.07, 6.45) is 3.62. The lowest BCUT2D eigenvalue weighted by Crippen LogP contribution is -2.39. The number of methoxy groups -OCH3 is 1. The van der Waals surface area contributed by atoms with Gasteiger partial charge >= 0.3 is 0 Å².